The molecule has 1 aliphatic carbocycles. The second kappa shape index (κ2) is 8.87. The first kappa shape index (κ1) is 20.4. The van der Waals surface area contributed by atoms with Crippen molar-refractivity contribution in [3.05, 3.63) is 71.8 Å². The average molecular weight is 418 g/mol. The van der Waals surface area contributed by atoms with Crippen LogP contribution in [0, 0.1) is 0 Å². The van der Waals surface area contributed by atoms with Crippen LogP contribution in [0.4, 0.5) is 5.69 Å². The lowest BCUT2D eigenvalue weighted by atomic mass is 10.1. The molecule has 0 aliphatic heterocycles. The Kier molecular flexibility index (Phi) is 5.84. The number of nitrogens with one attached hydrogen (secondary N) is 2. The largest absolute Gasteiger partial charge is 0.496 e. The molecule has 0 heterocycles. The van der Waals surface area contributed by atoms with Crippen LogP contribution >= 0.6 is 0 Å². The zero-order chi connectivity index (χ0) is 21.8. The maximum atomic E-state index is 12.6. The highest BCUT2D eigenvalue weighted by Crippen LogP contribution is 2.26. The van der Waals surface area contributed by atoms with Gasteiger partial charge in [-0.1, -0.05) is 36.4 Å². The molecule has 2 N–H and O–H groups in total. The molecule has 0 bridgehead atoms. The summed E-state index contributed by atoms with van der Waals surface area (Å²) in [6.45, 7) is -0.493. The number of carbonyl (C=O) groups is 3. The van der Waals surface area contributed by atoms with Gasteiger partial charge in [0.05, 0.1) is 18.4 Å². The van der Waals surface area contributed by atoms with Crippen molar-refractivity contribution in [1.82, 2.24) is 5.32 Å². The second-order valence-corrected chi connectivity index (χ2v) is 7.32. The van der Waals surface area contributed by atoms with E-state index in [4.69, 9.17) is 9.47 Å². The summed E-state index contributed by atoms with van der Waals surface area (Å²) in [7, 11) is 1.47. The fourth-order valence-electron chi connectivity index (χ4n) is 3.22. The van der Waals surface area contributed by atoms with Crippen LogP contribution in [0.2, 0.25) is 0 Å². The highest BCUT2D eigenvalue weighted by molar-refractivity contribution is 6.05. The molecule has 0 saturated heterocycles. The Balaban J connectivity index is 1.42. The molecule has 1 aliphatic rings. The predicted octanol–water partition coefficient (Wildman–Crippen LogP) is 3.54. The van der Waals surface area contributed by atoms with E-state index in [9.17, 15) is 14.4 Å². The molecule has 158 valence electrons. The average Bonchev–Trinajstić information content (AvgIpc) is 3.60. The van der Waals surface area contributed by atoms with Gasteiger partial charge in [-0.25, -0.2) is 4.79 Å². The molecule has 3 aromatic carbocycles. The Morgan fingerprint density at radius 2 is 1.61 bits per heavy atom. The SMILES string of the molecule is COc1cc2ccccc2cc1C(=O)OCC(=O)Nc1ccccc1C(=O)NC1CC1. The highest BCUT2D eigenvalue weighted by Gasteiger charge is 2.25. The van der Waals surface area contributed by atoms with Crippen LogP contribution < -0.4 is 15.4 Å². The molecular formula is C24H22N2O5. The number of benzene rings is 3. The Morgan fingerprint density at radius 1 is 0.935 bits per heavy atom. The zero-order valence-corrected chi connectivity index (χ0v) is 17.0. The van der Waals surface area contributed by atoms with E-state index >= 15 is 0 Å². The van der Waals surface area contributed by atoms with E-state index in [2.05, 4.69) is 10.6 Å². The van der Waals surface area contributed by atoms with E-state index < -0.39 is 18.5 Å². The van der Waals surface area contributed by atoms with E-state index in [1.54, 1.807) is 36.4 Å². The number of para-hydroxylation sites is 1. The second-order valence-electron chi connectivity index (χ2n) is 7.32. The monoisotopic (exact) mass is 418 g/mol. The molecule has 2 amide bonds. The van der Waals surface area contributed by atoms with Gasteiger partial charge in [-0.05, 0) is 47.9 Å². The van der Waals surface area contributed by atoms with Gasteiger partial charge in [0.25, 0.3) is 11.8 Å². The Morgan fingerprint density at radius 3 is 2.32 bits per heavy atom. The number of amides is 2. The van der Waals surface area contributed by atoms with Crippen molar-refractivity contribution in [3.63, 3.8) is 0 Å². The van der Waals surface area contributed by atoms with Gasteiger partial charge >= 0.3 is 5.97 Å². The maximum Gasteiger partial charge on any atom is 0.342 e. The summed E-state index contributed by atoms with van der Waals surface area (Å²) in [5, 5.41) is 7.32. The summed E-state index contributed by atoms with van der Waals surface area (Å²) in [6.07, 6.45) is 1.93. The molecule has 0 aromatic heterocycles. The molecule has 0 spiro atoms. The minimum atomic E-state index is -0.669. The van der Waals surface area contributed by atoms with Crippen LogP contribution in [0.1, 0.15) is 33.6 Å². The molecule has 3 aromatic rings. The molecule has 7 nitrogen and oxygen atoms in total. The smallest absolute Gasteiger partial charge is 0.342 e. The van der Waals surface area contributed by atoms with Crippen molar-refractivity contribution >= 4 is 34.2 Å². The number of hydrogen-bond acceptors (Lipinski definition) is 5. The van der Waals surface area contributed by atoms with Crippen LogP contribution in [0.3, 0.4) is 0 Å². The normalized spacial score (nSPS) is 12.8. The Bertz CT molecular complexity index is 1150. The lowest BCUT2D eigenvalue weighted by Gasteiger charge is -2.12. The highest BCUT2D eigenvalue weighted by atomic mass is 16.5. The van der Waals surface area contributed by atoms with Crippen molar-refractivity contribution in [2.75, 3.05) is 19.0 Å². The lowest BCUT2D eigenvalue weighted by Crippen LogP contribution is -2.28. The number of methoxy groups -OCH3 is 1. The van der Waals surface area contributed by atoms with Gasteiger partial charge in [0.1, 0.15) is 11.3 Å². The minimum Gasteiger partial charge on any atom is -0.496 e. The summed E-state index contributed by atoms with van der Waals surface area (Å²) in [5.41, 5.74) is 0.966. The first-order valence-corrected chi connectivity index (χ1v) is 9.99. The molecular weight excluding hydrogens is 396 g/mol. The summed E-state index contributed by atoms with van der Waals surface area (Å²) in [4.78, 5) is 37.3. The first-order valence-electron chi connectivity index (χ1n) is 9.99. The quantitative estimate of drug-likeness (QED) is 0.573. The third kappa shape index (κ3) is 4.83. The molecule has 0 unspecified atom stereocenters. The van der Waals surface area contributed by atoms with Crippen molar-refractivity contribution < 1.29 is 23.9 Å². The van der Waals surface area contributed by atoms with Gasteiger partial charge in [0.2, 0.25) is 0 Å². The topological polar surface area (TPSA) is 93.7 Å². The van der Waals surface area contributed by atoms with Crippen LogP contribution in [0.25, 0.3) is 10.8 Å². The first-order chi connectivity index (χ1) is 15.0. The predicted molar refractivity (Wildman–Crippen MR) is 116 cm³/mol. The molecule has 0 atom stereocenters. The van der Waals surface area contributed by atoms with Gasteiger partial charge in [0.15, 0.2) is 6.61 Å². The van der Waals surface area contributed by atoms with E-state index in [1.165, 1.54) is 7.11 Å². The standard InChI is InChI=1S/C24H22N2O5/c1-30-21-13-16-7-3-2-6-15(16)12-19(21)24(29)31-14-22(27)26-20-9-5-4-8-18(20)23(28)25-17-10-11-17/h2-9,12-13,17H,10-11,14H2,1H3,(H,25,28)(H,26,27). The molecule has 31 heavy (non-hydrogen) atoms. The number of esters is 1. The van der Waals surface area contributed by atoms with Crippen LogP contribution in [0.5, 0.6) is 5.75 Å². The van der Waals surface area contributed by atoms with Crippen LogP contribution in [0.15, 0.2) is 60.7 Å². The molecule has 4 rings (SSSR count). The Labute approximate surface area is 179 Å². The van der Waals surface area contributed by atoms with Crippen LogP contribution in [-0.2, 0) is 9.53 Å². The third-order valence-corrected chi connectivity index (χ3v) is 4.98. The zero-order valence-electron chi connectivity index (χ0n) is 17.0. The van der Waals surface area contributed by atoms with E-state index in [0.29, 0.717) is 17.0 Å². The van der Waals surface area contributed by atoms with Gasteiger partial charge < -0.3 is 20.1 Å². The molecule has 1 saturated carbocycles. The number of carbonyl (C=O) groups excluding carboxylic acids is 3. The molecule has 1 fully saturated rings. The number of ether oxygens (including phenoxy) is 2. The van der Waals surface area contributed by atoms with Crippen molar-refractivity contribution in [2.45, 2.75) is 18.9 Å². The van der Waals surface area contributed by atoms with Crippen molar-refractivity contribution in [3.8, 4) is 5.75 Å². The number of rotatable bonds is 7. The molecule has 0 radical (unpaired) electrons. The summed E-state index contributed by atoms with van der Waals surface area (Å²) in [5.74, 6) is -1.08. The fourth-order valence-corrected chi connectivity index (χ4v) is 3.22. The number of fused-ring (bicyclic) bond motifs is 1. The summed E-state index contributed by atoms with van der Waals surface area (Å²) < 4.78 is 10.5. The number of hydrogen-bond donors (Lipinski definition) is 2. The van der Waals surface area contributed by atoms with Gasteiger partial charge in [0, 0.05) is 6.04 Å². The summed E-state index contributed by atoms with van der Waals surface area (Å²) in [6, 6.07) is 17.9. The fraction of sp³-hybridized carbons (Fsp3) is 0.208. The van der Waals surface area contributed by atoms with E-state index in [-0.39, 0.29) is 17.5 Å². The molecule has 7 heteroatoms. The minimum absolute atomic E-state index is 0.203. The van der Waals surface area contributed by atoms with Crippen molar-refractivity contribution in [2.24, 2.45) is 0 Å². The van der Waals surface area contributed by atoms with Gasteiger partial charge in [-0.2, -0.15) is 0 Å². The summed E-state index contributed by atoms with van der Waals surface area (Å²) >= 11 is 0. The lowest BCUT2D eigenvalue weighted by molar-refractivity contribution is -0.119. The Hall–Kier alpha value is -3.87. The van der Waals surface area contributed by atoms with E-state index in [1.807, 2.05) is 24.3 Å². The van der Waals surface area contributed by atoms with E-state index in [0.717, 1.165) is 23.6 Å². The van der Waals surface area contributed by atoms with Crippen molar-refractivity contribution in [1.29, 1.82) is 0 Å². The number of anilines is 1. The van der Waals surface area contributed by atoms with Gasteiger partial charge in [-0.3, -0.25) is 9.59 Å². The van der Waals surface area contributed by atoms with Crippen LogP contribution in [-0.4, -0.2) is 37.5 Å². The van der Waals surface area contributed by atoms with Gasteiger partial charge in [-0.15, -0.1) is 0 Å². The third-order valence-electron chi connectivity index (χ3n) is 4.98. The maximum absolute atomic E-state index is 12.6.